The number of aromatic nitrogens is 2. The minimum atomic E-state index is -1.66. The van der Waals surface area contributed by atoms with Gasteiger partial charge in [0.05, 0.1) is 5.69 Å². The third-order valence-corrected chi connectivity index (χ3v) is 10.9. The van der Waals surface area contributed by atoms with E-state index in [1.807, 2.05) is 0 Å². The van der Waals surface area contributed by atoms with Crippen LogP contribution in [-0.2, 0) is 5.41 Å². The first-order valence-electron chi connectivity index (χ1n) is 8.10. The second kappa shape index (κ2) is 6.40. The fraction of sp³-hybridized carbons (Fsp3) is 0.722. The maximum Gasteiger partial charge on any atom is 0.146 e. The average Bonchev–Trinajstić information content (AvgIpc) is 2.76. The van der Waals surface area contributed by atoms with Gasteiger partial charge in [0.15, 0.2) is 0 Å². The molecule has 0 aromatic carbocycles. The van der Waals surface area contributed by atoms with E-state index in [0.29, 0.717) is 16.6 Å². The molecule has 0 bridgehead atoms. The Balaban J connectivity index is 3.20. The van der Waals surface area contributed by atoms with Gasteiger partial charge in [0.2, 0.25) is 0 Å². The van der Waals surface area contributed by atoms with E-state index in [4.69, 9.17) is 0 Å². The monoisotopic (exact) mass is 304 g/mol. The molecule has 0 radical (unpaired) electrons. The molecular formula is C18H32N2Si. The molecule has 0 saturated heterocycles. The molecule has 3 heteroatoms. The molecule has 0 unspecified atom stereocenters. The molecule has 0 saturated carbocycles. The lowest BCUT2D eigenvalue weighted by Gasteiger charge is -2.38. The van der Waals surface area contributed by atoms with Crippen LogP contribution in [0.3, 0.4) is 0 Å². The Bertz CT molecular complexity index is 500. The van der Waals surface area contributed by atoms with Gasteiger partial charge in [0.1, 0.15) is 13.8 Å². The summed E-state index contributed by atoms with van der Waals surface area (Å²) in [5.41, 5.74) is 7.82. The number of aromatic amines is 1. The van der Waals surface area contributed by atoms with E-state index in [1.165, 1.54) is 0 Å². The van der Waals surface area contributed by atoms with Gasteiger partial charge >= 0.3 is 0 Å². The van der Waals surface area contributed by atoms with E-state index in [9.17, 15) is 0 Å². The number of hydrogen-bond acceptors (Lipinski definition) is 1. The summed E-state index contributed by atoms with van der Waals surface area (Å²) in [5, 5.41) is 7.51. The highest BCUT2D eigenvalue weighted by molar-refractivity contribution is 6.90. The number of nitrogens with one attached hydrogen (secondary N) is 1. The van der Waals surface area contributed by atoms with Crippen LogP contribution in [0.15, 0.2) is 6.07 Å². The molecule has 118 valence electrons. The zero-order chi connectivity index (χ0) is 16.4. The minimum absolute atomic E-state index is 0.0685. The van der Waals surface area contributed by atoms with Gasteiger partial charge in [-0.1, -0.05) is 68.2 Å². The van der Waals surface area contributed by atoms with Crippen LogP contribution in [0.2, 0.25) is 16.6 Å². The molecule has 1 rings (SSSR count). The summed E-state index contributed by atoms with van der Waals surface area (Å²) in [6.45, 7) is 20.6. The first-order chi connectivity index (χ1) is 9.51. The Morgan fingerprint density at radius 1 is 1.00 bits per heavy atom. The van der Waals surface area contributed by atoms with Crippen molar-refractivity contribution in [3.05, 3.63) is 17.5 Å². The van der Waals surface area contributed by atoms with Gasteiger partial charge in [-0.3, -0.25) is 5.10 Å². The molecule has 1 N–H and O–H groups in total. The Labute approximate surface area is 132 Å². The van der Waals surface area contributed by atoms with Crippen LogP contribution in [0.4, 0.5) is 0 Å². The van der Waals surface area contributed by atoms with Crippen molar-refractivity contribution in [2.45, 2.75) is 84.4 Å². The topological polar surface area (TPSA) is 28.7 Å². The molecule has 0 aliphatic carbocycles. The maximum absolute atomic E-state index is 4.41. The molecule has 0 aliphatic heterocycles. The second-order valence-electron chi connectivity index (χ2n) is 8.06. The second-order valence-corrected chi connectivity index (χ2v) is 13.6. The van der Waals surface area contributed by atoms with E-state index < -0.39 is 8.07 Å². The normalized spacial score (nSPS) is 13.0. The van der Waals surface area contributed by atoms with Crippen LogP contribution in [0, 0.1) is 11.5 Å². The molecule has 0 aliphatic rings. The third kappa shape index (κ3) is 3.80. The summed E-state index contributed by atoms with van der Waals surface area (Å²) in [4.78, 5) is 0. The smallest absolute Gasteiger partial charge is 0.146 e. The SMILES string of the molecule is CC(C)[Si](C#Cc1cc(C(C)(C)C)n[nH]1)(C(C)C)C(C)C. The predicted octanol–water partition coefficient (Wildman–Crippen LogP) is 5.28. The predicted molar refractivity (Wildman–Crippen MR) is 95.2 cm³/mol. The van der Waals surface area contributed by atoms with Crippen LogP contribution >= 0.6 is 0 Å². The minimum Gasteiger partial charge on any atom is -0.270 e. The van der Waals surface area contributed by atoms with Crippen molar-refractivity contribution >= 4 is 8.07 Å². The van der Waals surface area contributed by atoms with E-state index in [-0.39, 0.29) is 5.41 Å². The Morgan fingerprint density at radius 2 is 1.48 bits per heavy atom. The van der Waals surface area contributed by atoms with Crippen molar-refractivity contribution in [1.29, 1.82) is 0 Å². The largest absolute Gasteiger partial charge is 0.270 e. The van der Waals surface area contributed by atoms with Crippen molar-refractivity contribution in [1.82, 2.24) is 10.2 Å². The van der Waals surface area contributed by atoms with Crippen molar-refractivity contribution in [3.63, 3.8) is 0 Å². The molecule has 0 atom stereocenters. The van der Waals surface area contributed by atoms with Crippen molar-refractivity contribution in [2.24, 2.45) is 0 Å². The van der Waals surface area contributed by atoms with Crippen LogP contribution in [-0.4, -0.2) is 18.3 Å². The highest BCUT2D eigenvalue weighted by Crippen LogP contribution is 2.40. The van der Waals surface area contributed by atoms with Gasteiger partial charge in [0.25, 0.3) is 0 Å². The molecule has 0 amide bonds. The lowest BCUT2D eigenvalue weighted by atomic mass is 9.92. The Kier molecular flexibility index (Phi) is 5.49. The highest BCUT2D eigenvalue weighted by atomic mass is 28.3. The van der Waals surface area contributed by atoms with Gasteiger partial charge in [-0.15, -0.1) is 5.54 Å². The lowest BCUT2D eigenvalue weighted by Crippen LogP contribution is -2.43. The number of H-pyrrole nitrogens is 1. The molecule has 1 aromatic rings. The van der Waals surface area contributed by atoms with Crippen molar-refractivity contribution < 1.29 is 0 Å². The summed E-state index contributed by atoms with van der Waals surface area (Å²) >= 11 is 0. The fourth-order valence-electron chi connectivity index (χ4n) is 3.38. The summed E-state index contributed by atoms with van der Waals surface area (Å²) in [6.07, 6.45) is 0. The first kappa shape index (κ1) is 18.0. The van der Waals surface area contributed by atoms with E-state index >= 15 is 0 Å². The fourth-order valence-corrected chi connectivity index (χ4v) is 8.60. The molecule has 21 heavy (non-hydrogen) atoms. The Morgan fingerprint density at radius 3 is 1.81 bits per heavy atom. The third-order valence-electron chi connectivity index (χ3n) is 4.63. The molecule has 0 spiro atoms. The van der Waals surface area contributed by atoms with Crippen LogP contribution in [0.1, 0.15) is 73.7 Å². The zero-order valence-corrected chi connectivity index (χ0v) is 16.3. The van der Waals surface area contributed by atoms with E-state index in [2.05, 4.69) is 90.0 Å². The Hall–Kier alpha value is -1.01. The zero-order valence-electron chi connectivity index (χ0n) is 15.3. The first-order valence-corrected chi connectivity index (χ1v) is 10.3. The molecular weight excluding hydrogens is 272 g/mol. The maximum atomic E-state index is 4.41. The molecule has 2 nitrogen and oxygen atoms in total. The van der Waals surface area contributed by atoms with E-state index in [1.54, 1.807) is 0 Å². The van der Waals surface area contributed by atoms with Crippen LogP contribution in [0.25, 0.3) is 0 Å². The van der Waals surface area contributed by atoms with Gasteiger partial charge in [-0.2, -0.15) is 5.10 Å². The number of nitrogens with zero attached hydrogens (tertiary/aromatic N) is 1. The van der Waals surface area contributed by atoms with Gasteiger partial charge in [-0.25, -0.2) is 0 Å². The van der Waals surface area contributed by atoms with Crippen LogP contribution < -0.4 is 0 Å². The number of rotatable bonds is 3. The molecule has 1 aromatic heterocycles. The average molecular weight is 305 g/mol. The summed E-state index contributed by atoms with van der Waals surface area (Å²) in [6, 6.07) is 2.10. The summed E-state index contributed by atoms with van der Waals surface area (Å²) in [7, 11) is -1.66. The highest BCUT2D eigenvalue weighted by Gasteiger charge is 2.41. The van der Waals surface area contributed by atoms with E-state index in [0.717, 1.165) is 11.4 Å². The van der Waals surface area contributed by atoms with Crippen molar-refractivity contribution in [2.75, 3.05) is 0 Å². The van der Waals surface area contributed by atoms with Crippen molar-refractivity contribution in [3.8, 4) is 11.5 Å². The van der Waals surface area contributed by atoms with Gasteiger partial charge < -0.3 is 0 Å². The van der Waals surface area contributed by atoms with Gasteiger partial charge in [-0.05, 0) is 22.7 Å². The molecule has 1 heterocycles. The summed E-state index contributed by atoms with van der Waals surface area (Å²) < 4.78 is 0. The number of hydrogen-bond donors (Lipinski definition) is 1. The molecule has 0 fully saturated rings. The summed E-state index contributed by atoms with van der Waals surface area (Å²) in [5.74, 6) is 3.42. The van der Waals surface area contributed by atoms with Crippen LogP contribution in [0.5, 0.6) is 0 Å². The standard InChI is InChI=1S/C18H32N2Si/c1-13(2)21(14(3)4,15(5)6)11-10-16-12-17(20-19-16)18(7,8)9/h12-15H,1-9H3,(H,19,20). The lowest BCUT2D eigenvalue weighted by molar-refractivity contribution is 0.567. The van der Waals surface area contributed by atoms with Gasteiger partial charge in [0, 0.05) is 5.41 Å². The quantitative estimate of drug-likeness (QED) is 0.597.